The van der Waals surface area contributed by atoms with Crippen molar-refractivity contribution < 1.29 is 0 Å². The Balaban J connectivity index is 0.000000129. The van der Waals surface area contributed by atoms with Crippen molar-refractivity contribution in [2.75, 3.05) is 0 Å². The SMILES string of the molecule is CC(C)[Si](c1ccccc1)(c1ccccc1)c1ccccc1.CC(C)c1ccc(-c2ccccc2)s1.CC(C)c1nc2ccccc2n1-c1ccc(-c2ccccc2)cc1.CC(C)c1nc2ccccc2n1-c1ccccc1. The van der Waals surface area contributed by atoms with Crippen LogP contribution in [0.5, 0.6) is 0 Å². The zero-order valence-electron chi connectivity index (χ0n) is 46.4. The molecule has 0 aliphatic rings. The molecule has 0 unspecified atom stereocenters. The highest BCUT2D eigenvalue weighted by Crippen LogP contribution is 2.32. The highest BCUT2D eigenvalue weighted by molar-refractivity contribution is 7.15. The molecule has 0 aliphatic carbocycles. The number of fused-ring (bicyclic) bond motifs is 2. The normalized spacial score (nSPS) is 11.3. The van der Waals surface area contributed by atoms with Crippen LogP contribution in [0.1, 0.15) is 89.7 Å². The van der Waals surface area contributed by atoms with E-state index in [1.165, 1.54) is 53.2 Å². The van der Waals surface area contributed by atoms with Crippen molar-refractivity contribution in [3.63, 3.8) is 0 Å². The molecule has 9 aromatic carbocycles. The molecule has 0 bridgehead atoms. The maximum atomic E-state index is 4.83. The van der Waals surface area contributed by atoms with E-state index in [2.05, 4.69) is 307 Å². The van der Waals surface area contributed by atoms with Gasteiger partial charge in [0.05, 0.1) is 22.1 Å². The van der Waals surface area contributed by atoms with Crippen LogP contribution >= 0.6 is 11.3 Å². The molecule has 6 heteroatoms. The molecule has 4 nitrogen and oxygen atoms in total. The van der Waals surface area contributed by atoms with Crippen LogP contribution in [0.3, 0.4) is 0 Å². The molecule has 3 heterocycles. The predicted octanol–water partition coefficient (Wildman–Crippen LogP) is 18.1. The molecule has 0 saturated heterocycles. The Morgan fingerprint density at radius 3 is 1.05 bits per heavy atom. The van der Waals surface area contributed by atoms with Gasteiger partial charge < -0.3 is 0 Å². The van der Waals surface area contributed by atoms with Gasteiger partial charge in [0.1, 0.15) is 11.6 Å². The van der Waals surface area contributed by atoms with E-state index in [4.69, 9.17) is 9.97 Å². The zero-order chi connectivity index (χ0) is 54.4. The summed E-state index contributed by atoms with van der Waals surface area (Å²) in [6, 6.07) is 94.5. The number of rotatable bonds is 11. The molecule has 12 aromatic rings. The van der Waals surface area contributed by atoms with Crippen LogP contribution in [0.4, 0.5) is 0 Å². The van der Waals surface area contributed by atoms with Crippen LogP contribution < -0.4 is 15.6 Å². The fraction of sp³-hybridized carbons (Fsp3) is 0.167. The lowest BCUT2D eigenvalue weighted by Crippen LogP contribution is -2.68. The molecule has 390 valence electrons. The summed E-state index contributed by atoms with van der Waals surface area (Å²) in [5.41, 5.74) is 11.2. The smallest absolute Gasteiger partial charge is 0.150 e. The second-order valence-electron chi connectivity index (χ2n) is 20.9. The summed E-state index contributed by atoms with van der Waals surface area (Å²) >= 11 is 1.89. The van der Waals surface area contributed by atoms with Crippen molar-refractivity contribution in [2.24, 2.45) is 0 Å². The molecule has 0 atom stereocenters. The molecule has 0 saturated carbocycles. The topological polar surface area (TPSA) is 35.6 Å². The third-order valence-electron chi connectivity index (χ3n) is 14.3. The van der Waals surface area contributed by atoms with Gasteiger partial charge in [0, 0.05) is 33.0 Å². The van der Waals surface area contributed by atoms with Crippen LogP contribution in [0.2, 0.25) is 5.54 Å². The summed E-state index contributed by atoms with van der Waals surface area (Å²) in [6.07, 6.45) is 0. The Hall–Kier alpha value is -8.16. The molecule has 78 heavy (non-hydrogen) atoms. The molecule has 0 fully saturated rings. The molecule has 3 aromatic heterocycles. The number of imidazole rings is 2. The summed E-state index contributed by atoms with van der Waals surface area (Å²) in [7, 11) is -2.00. The van der Waals surface area contributed by atoms with E-state index in [1.807, 2.05) is 35.6 Å². The van der Waals surface area contributed by atoms with Gasteiger partial charge in [-0.25, -0.2) is 9.97 Å². The largest absolute Gasteiger partial charge is 0.296 e. The average Bonchev–Trinajstić information content (AvgIpc) is 4.26. The first-order chi connectivity index (χ1) is 38.0. The Morgan fingerprint density at radius 2 is 0.667 bits per heavy atom. The lowest BCUT2D eigenvalue weighted by Gasteiger charge is -2.37. The maximum absolute atomic E-state index is 4.83. The van der Waals surface area contributed by atoms with Crippen molar-refractivity contribution in [3.05, 3.63) is 283 Å². The first-order valence-electron chi connectivity index (χ1n) is 27.5. The van der Waals surface area contributed by atoms with Crippen LogP contribution in [-0.2, 0) is 0 Å². The Kier molecular flexibility index (Phi) is 18.1. The van der Waals surface area contributed by atoms with Gasteiger partial charge in [0.2, 0.25) is 0 Å². The molecule has 0 N–H and O–H groups in total. The molecule has 0 amide bonds. The van der Waals surface area contributed by atoms with Gasteiger partial charge in [-0.15, -0.1) is 11.3 Å². The zero-order valence-corrected chi connectivity index (χ0v) is 48.2. The monoisotopic (exact) mass is 1050 g/mol. The molecule has 0 aliphatic heterocycles. The Bertz CT molecular complexity index is 3620. The van der Waals surface area contributed by atoms with E-state index >= 15 is 0 Å². The number of benzene rings is 9. The lowest BCUT2D eigenvalue weighted by atomic mass is 10.1. The average molecular weight is 1050 g/mol. The quantitative estimate of drug-likeness (QED) is 0.0956. The fourth-order valence-corrected chi connectivity index (χ4v) is 16.6. The Labute approximate surface area is 468 Å². The summed E-state index contributed by atoms with van der Waals surface area (Å²) in [6.45, 7) is 18.0. The minimum atomic E-state index is -2.00. The first-order valence-corrected chi connectivity index (χ1v) is 30.4. The second-order valence-corrected chi connectivity index (χ2v) is 26.5. The number of hydrogen-bond donors (Lipinski definition) is 0. The lowest BCUT2D eigenvalue weighted by molar-refractivity contribution is 0.760. The number of hydrogen-bond acceptors (Lipinski definition) is 3. The van der Waals surface area contributed by atoms with E-state index in [0.29, 0.717) is 23.3 Å². The van der Waals surface area contributed by atoms with Crippen molar-refractivity contribution in [1.82, 2.24) is 19.1 Å². The highest BCUT2D eigenvalue weighted by Gasteiger charge is 2.42. The van der Waals surface area contributed by atoms with E-state index in [9.17, 15) is 0 Å². The van der Waals surface area contributed by atoms with Gasteiger partial charge in [0.15, 0.2) is 8.07 Å². The number of para-hydroxylation sites is 5. The standard InChI is InChI=1S/C22H20N2.C21H22Si.C16H16N2.C13H14S/c1-16(2)22-23-20-10-6-7-11-21(20)24(22)19-14-12-18(13-15-19)17-8-4-3-5-9-17;1-18(2)22(19-12-6-3-7-13-19,20-14-8-4-9-15-20)21-16-10-5-11-17-21;1-12(2)16-17-14-10-6-7-11-15(14)18(16)13-8-4-3-5-9-13;1-10(2)12-8-9-13(14-12)11-6-4-3-5-7-11/h3-16H,1-2H3;3-18H,1-2H3;3-12H,1-2H3;3-10H,1-2H3. The van der Waals surface area contributed by atoms with Gasteiger partial charge in [0.25, 0.3) is 0 Å². The van der Waals surface area contributed by atoms with Crippen LogP contribution in [0.25, 0.3) is 55.0 Å². The van der Waals surface area contributed by atoms with Crippen LogP contribution in [0, 0.1) is 0 Å². The van der Waals surface area contributed by atoms with Gasteiger partial charge in [-0.3, -0.25) is 9.13 Å². The number of nitrogens with zero attached hydrogens (tertiary/aromatic N) is 4. The summed E-state index contributed by atoms with van der Waals surface area (Å²) < 4.78 is 4.52. The van der Waals surface area contributed by atoms with Gasteiger partial charge in [-0.2, -0.15) is 0 Å². The third-order valence-corrected chi connectivity index (χ3v) is 21.2. The minimum Gasteiger partial charge on any atom is -0.296 e. The summed E-state index contributed by atoms with van der Waals surface area (Å²) in [4.78, 5) is 12.4. The molecule has 0 radical (unpaired) electrons. The number of thiophene rings is 1. The first kappa shape index (κ1) is 54.6. The second kappa shape index (κ2) is 25.8. The number of aromatic nitrogens is 4. The molecule has 12 rings (SSSR count). The third kappa shape index (κ3) is 12.3. The van der Waals surface area contributed by atoms with Gasteiger partial charge >= 0.3 is 0 Å². The summed E-state index contributed by atoms with van der Waals surface area (Å²) in [5, 5.41) is 4.47. The van der Waals surface area contributed by atoms with Gasteiger partial charge in [-0.1, -0.05) is 262 Å². The van der Waals surface area contributed by atoms with E-state index < -0.39 is 8.07 Å². The van der Waals surface area contributed by atoms with E-state index in [0.717, 1.165) is 33.9 Å². The van der Waals surface area contributed by atoms with Crippen molar-refractivity contribution in [3.8, 4) is 32.9 Å². The van der Waals surface area contributed by atoms with E-state index in [1.54, 1.807) is 0 Å². The molecule has 0 spiro atoms. The van der Waals surface area contributed by atoms with Crippen molar-refractivity contribution >= 4 is 57.0 Å². The fourth-order valence-electron chi connectivity index (χ4n) is 10.4. The Morgan fingerprint density at radius 1 is 0.321 bits per heavy atom. The van der Waals surface area contributed by atoms with Gasteiger partial charge in [-0.05, 0) is 104 Å². The summed E-state index contributed by atoms with van der Waals surface area (Å²) in [5.74, 6) is 3.62. The van der Waals surface area contributed by atoms with E-state index in [-0.39, 0.29) is 0 Å². The minimum absolute atomic E-state index is 0.367. The maximum Gasteiger partial charge on any atom is 0.150 e. The molecular formula is C72H72N4SSi. The highest BCUT2D eigenvalue weighted by atomic mass is 32.1. The predicted molar refractivity (Wildman–Crippen MR) is 339 cm³/mol. The van der Waals surface area contributed by atoms with Crippen molar-refractivity contribution in [2.45, 2.75) is 78.7 Å². The van der Waals surface area contributed by atoms with Crippen LogP contribution in [0.15, 0.2) is 267 Å². The van der Waals surface area contributed by atoms with Crippen molar-refractivity contribution in [1.29, 1.82) is 0 Å². The molecular weight excluding hydrogens is 981 g/mol. The van der Waals surface area contributed by atoms with Crippen LogP contribution in [-0.4, -0.2) is 27.2 Å².